The minimum Gasteiger partial charge on any atom is -0.480 e. The van der Waals surface area contributed by atoms with Gasteiger partial charge in [-0.3, -0.25) is 4.79 Å². The van der Waals surface area contributed by atoms with Crippen molar-refractivity contribution in [3.63, 3.8) is 0 Å². The molecule has 1 saturated carbocycles. The molecule has 7 N–H and O–H groups in total. The lowest BCUT2D eigenvalue weighted by Gasteiger charge is -2.18. The molecule has 0 saturated heterocycles. The monoisotopic (exact) mass is 244 g/mol. The van der Waals surface area contributed by atoms with Crippen LogP contribution in [0.5, 0.6) is 0 Å². The first kappa shape index (κ1) is 14.4. The fraction of sp³-hybridized carbons (Fsp3) is 0.900. The van der Waals surface area contributed by atoms with Crippen LogP contribution in [0.1, 0.15) is 25.7 Å². The number of hydrogen-bond donors (Lipinski definition) is 5. The molecule has 0 aromatic rings. The standard InChI is InChI=1S/C10H21BN2O4/c12-4-2-8-6-10(13,9(14)15)5-7(8)1-3-11(16)17/h7-8,16-17H,1-6,12-13H2,(H,14,15). The van der Waals surface area contributed by atoms with Crippen LogP contribution in [0, 0.1) is 11.8 Å². The second-order valence-electron chi connectivity index (χ2n) is 5.03. The average Bonchev–Trinajstić information content (AvgIpc) is 2.54. The molecule has 7 heteroatoms. The van der Waals surface area contributed by atoms with Gasteiger partial charge in [-0.1, -0.05) is 6.42 Å². The quantitative estimate of drug-likeness (QED) is 0.381. The van der Waals surface area contributed by atoms with Crippen LogP contribution in [0.3, 0.4) is 0 Å². The molecule has 98 valence electrons. The van der Waals surface area contributed by atoms with Crippen LogP contribution in [-0.4, -0.2) is 40.3 Å². The van der Waals surface area contributed by atoms with E-state index in [1.807, 2.05) is 0 Å². The van der Waals surface area contributed by atoms with Crippen molar-refractivity contribution in [2.24, 2.45) is 23.3 Å². The highest BCUT2D eigenvalue weighted by molar-refractivity contribution is 6.40. The minimum atomic E-state index is -1.34. The predicted molar refractivity (Wildman–Crippen MR) is 64.1 cm³/mol. The summed E-state index contributed by atoms with van der Waals surface area (Å²) in [4.78, 5) is 11.1. The topological polar surface area (TPSA) is 130 Å². The zero-order valence-corrected chi connectivity index (χ0v) is 9.88. The lowest BCUT2D eigenvalue weighted by atomic mass is 9.77. The van der Waals surface area contributed by atoms with Crippen LogP contribution >= 0.6 is 0 Å². The molecule has 0 aromatic carbocycles. The molecule has 0 heterocycles. The molecule has 1 rings (SSSR count). The molecule has 6 nitrogen and oxygen atoms in total. The number of hydrogen-bond acceptors (Lipinski definition) is 5. The van der Waals surface area contributed by atoms with Gasteiger partial charge in [-0.2, -0.15) is 0 Å². The van der Waals surface area contributed by atoms with Crippen LogP contribution in [0.4, 0.5) is 0 Å². The van der Waals surface area contributed by atoms with E-state index in [-0.39, 0.29) is 18.2 Å². The Morgan fingerprint density at radius 2 is 1.82 bits per heavy atom. The molecule has 17 heavy (non-hydrogen) atoms. The van der Waals surface area contributed by atoms with Crippen molar-refractivity contribution in [1.82, 2.24) is 0 Å². The molecule has 0 aromatic heterocycles. The zero-order valence-electron chi connectivity index (χ0n) is 9.88. The molecule has 3 atom stereocenters. The van der Waals surface area contributed by atoms with E-state index in [4.69, 9.17) is 26.6 Å². The van der Waals surface area contributed by atoms with E-state index in [2.05, 4.69) is 0 Å². The summed E-state index contributed by atoms with van der Waals surface area (Å²) in [5, 5.41) is 26.8. The van der Waals surface area contributed by atoms with Gasteiger partial charge in [0.2, 0.25) is 0 Å². The van der Waals surface area contributed by atoms with Crippen molar-refractivity contribution >= 4 is 13.1 Å². The molecule has 0 amide bonds. The summed E-state index contributed by atoms with van der Waals surface area (Å²) in [6.07, 6.45) is 2.37. The highest BCUT2D eigenvalue weighted by Crippen LogP contribution is 2.42. The summed E-state index contributed by atoms with van der Waals surface area (Å²) < 4.78 is 0. The Morgan fingerprint density at radius 1 is 1.29 bits per heavy atom. The van der Waals surface area contributed by atoms with Gasteiger partial charge in [-0.25, -0.2) is 0 Å². The maximum atomic E-state index is 11.1. The smallest absolute Gasteiger partial charge is 0.451 e. The Bertz CT molecular complexity index is 277. The van der Waals surface area contributed by atoms with E-state index in [0.717, 1.165) is 6.42 Å². The predicted octanol–water partition coefficient (Wildman–Crippen LogP) is -0.994. The number of rotatable bonds is 6. The third-order valence-corrected chi connectivity index (χ3v) is 3.68. The van der Waals surface area contributed by atoms with Crippen molar-refractivity contribution < 1.29 is 19.9 Å². The third kappa shape index (κ3) is 3.67. The first-order chi connectivity index (χ1) is 7.89. The van der Waals surface area contributed by atoms with Crippen molar-refractivity contribution in [2.45, 2.75) is 37.5 Å². The number of carbonyl (C=O) groups is 1. The normalized spacial score (nSPS) is 32.7. The summed E-state index contributed by atoms with van der Waals surface area (Å²) >= 11 is 0. The van der Waals surface area contributed by atoms with Gasteiger partial charge in [0, 0.05) is 0 Å². The van der Waals surface area contributed by atoms with Crippen LogP contribution in [0.15, 0.2) is 0 Å². The van der Waals surface area contributed by atoms with Gasteiger partial charge in [0.05, 0.1) is 0 Å². The van der Waals surface area contributed by atoms with Gasteiger partial charge in [0.25, 0.3) is 0 Å². The summed E-state index contributed by atoms with van der Waals surface area (Å²) in [5.41, 5.74) is 10.2. The summed E-state index contributed by atoms with van der Waals surface area (Å²) in [5.74, 6) is -0.701. The molecule has 0 spiro atoms. The molecule has 0 aliphatic heterocycles. The fourth-order valence-corrected chi connectivity index (χ4v) is 2.78. The highest BCUT2D eigenvalue weighted by atomic mass is 16.4. The van der Waals surface area contributed by atoms with E-state index >= 15 is 0 Å². The number of carboxylic acid groups (broad SMARTS) is 1. The Labute approximate surface area is 101 Å². The first-order valence-electron chi connectivity index (χ1n) is 5.97. The molecule has 1 aliphatic rings. The van der Waals surface area contributed by atoms with Crippen LogP contribution in [0.25, 0.3) is 0 Å². The van der Waals surface area contributed by atoms with Gasteiger partial charge < -0.3 is 26.6 Å². The van der Waals surface area contributed by atoms with Gasteiger partial charge in [-0.15, -0.1) is 0 Å². The second-order valence-corrected chi connectivity index (χ2v) is 5.03. The van der Waals surface area contributed by atoms with Crippen molar-refractivity contribution in [1.29, 1.82) is 0 Å². The zero-order chi connectivity index (χ0) is 13.1. The molecular formula is C10H21BN2O4. The summed E-state index contributed by atoms with van der Waals surface area (Å²) in [6.45, 7) is 0.499. The van der Waals surface area contributed by atoms with Gasteiger partial charge >= 0.3 is 13.1 Å². The van der Waals surface area contributed by atoms with Gasteiger partial charge in [0.1, 0.15) is 5.54 Å². The van der Waals surface area contributed by atoms with E-state index in [0.29, 0.717) is 25.8 Å². The average molecular weight is 244 g/mol. The Kier molecular flexibility index (Phi) is 4.94. The van der Waals surface area contributed by atoms with Gasteiger partial charge in [-0.05, 0) is 44.0 Å². The highest BCUT2D eigenvalue weighted by Gasteiger charge is 2.47. The Morgan fingerprint density at radius 3 is 2.24 bits per heavy atom. The first-order valence-corrected chi connectivity index (χ1v) is 5.97. The Balaban J connectivity index is 2.63. The summed E-state index contributed by atoms with van der Waals surface area (Å²) in [6, 6.07) is 0. The molecular weight excluding hydrogens is 223 g/mol. The molecule has 1 aliphatic carbocycles. The second kappa shape index (κ2) is 5.81. The lowest BCUT2D eigenvalue weighted by molar-refractivity contribution is -0.143. The molecule has 0 bridgehead atoms. The maximum Gasteiger partial charge on any atom is 0.451 e. The van der Waals surface area contributed by atoms with Crippen LogP contribution < -0.4 is 11.5 Å². The SMILES string of the molecule is NCCC1CC(N)(C(=O)O)CC1CCB(O)O. The molecule has 0 radical (unpaired) electrons. The fourth-order valence-electron chi connectivity index (χ4n) is 2.78. The van der Waals surface area contributed by atoms with Crippen molar-refractivity contribution in [2.75, 3.05) is 6.54 Å². The largest absolute Gasteiger partial charge is 0.480 e. The third-order valence-electron chi connectivity index (χ3n) is 3.68. The number of aliphatic carboxylic acids is 1. The van der Waals surface area contributed by atoms with E-state index in [9.17, 15) is 4.79 Å². The number of carboxylic acids is 1. The number of nitrogens with two attached hydrogens (primary N) is 2. The van der Waals surface area contributed by atoms with E-state index < -0.39 is 18.6 Å². The van der Waals surface area contributed by atoms with E-state index in [1.54, 1.807) is 0 Å². The van der Waals surface area contributed by atoms with Crippen LogP contribution in [0.2, 0.25) is 6.32 Å². The summed E-state index contributed by atoms with van der Waals surface area (Å²) in [7, 11) is -1.34. The van der Waals surface area contributed by atoms with Crippen molar-refractivity contribution in [3.05, 3.63) is 0 Å². The van der Waals surface area contributed by atoms with Gasteiger partial charge in [0.15, 0.2) is 0 Å². The lowest BCUT2D eigenvalue weighted by Crippen LogP contribution is -2.45. The van der Waals surface area contributed by atoms with Crippen LogP contribution in [-0.2, 0) is 4.79 Å². The van der Waals surface area contributed by atoms with Crippen molar-refractivity contribution in [3.8, 4) is 0 Å². The molecule has 1 fully saturated rings. The van der Waals surface area contributed by atoms with E-state index in [1.165, 1.54) is 0 Å². The maximum absolute atomic E-state index is 11.1. The molecule has 3 unspecified atom stereocenters. The minimum absolute atomic E-state index is 0.112. The Hall–Kier alpha value is -0.625.